The minimum atomic E-state index is -0.676. The zero-order chi connectivity index (χ0) is 12.2. The molecule has 0 heterocycles. The van der Waals surface area contributed by atoms with E-state index in [0.29, 0.717) is 6.61 Å². The lowest BCUT2D eigenvalue weighted by atomic mass is 10.1. The molecule has 0 amide bonds. The Labute approximate surface area is 98.2 Å². The molecule has 0 bridgehead atoms. The molecule has 16 heavy (non-hydrogen) atoms. The highest BCUT2D eigenvalue weighted by molar-refractivity contribution is 5.75. The maximum atomic E-state index is 11.2. The highest BCUT2D eigenvalue weighted by Gasteiger charge is 2.13. The fourth-order valence-corrected chi connectivity index (χ4v) is 1.42. The normalized spacial score (nSPS) is 12.4. The van der Waals surface area contributed by atoms with Gasteiger partial charge in [-0.05, 0) is 12.8 Å². The van der Waals surface area contributed by atoms with Crippen molar-refractivity contribution in [1.82, 2.24) is 0 Å². The van der Waals surface area contributed by atoms with Crippen molar-refractivity contribution in [2.75, 3.05) is 13.2 Å². The Kier molecular flexibility index (Phi) is 10.5. The van der Waals surface area contributed by atoms with Gasteiger partial charge in [0.15, 0.2) is 0 Å². The lowest BCUT2D eigenvalue weighted by Crippen LogP contribution is -2.33. The maximum Gasteiger partial charge on any atom is 0.322 e. The second-order valence-electron chi connectivity index (χ2n) is 4.05. The summed E-state index contributed by atoms with van der Waals surface area (Å²) in [6.45, 7) is 2.56. The van der Waals surface area contributed by atoms with Crippen molar-refractivity contribution < 1.29 is 14.6 Å². The van der Waals surface area contributed by atoms with Crippen LogP contribution < -0.4 is 5.73 Å². The summed E-state index contributed by atoms with van der Waals surface area (Å²) in [5.74, 6) is -0.400. The van der Waals surface area contributed by atoms with Crippen molar-refractivity contribution in [3.05, 3.63) is 0 Å². The maximum absolute atomic E-state index is 11.2. The predicted molar refractivity (Wildman–Crippen MR) is 64.0 cm³/mol. The summed E-state index contributed by atoms with van der Waals surface area (Å²) < 4.78 is 4.99. The molecule has 1 atom stereocenters. The first-order chi connectivity index (χ1) is 7.72. The van der Waals surface area contributed by atoms with Gasteiger partial charge in [0.25, 0.3) is 0 Å². The van der Waals surface area contributed by atoms with E-state index in [0.717, 1.165) is 12.8 Å². The van der Waals surface area contributed by atoms with Crippen molar-refractivity contribution in [3.63, 3.8) is 0 Å². The molecule has 0 aliphatic carbocycles. The lowest BCUT2D eigenvalue weighted by molar-refractivity contribution is -0.145. The number of carbonyl (C=O) groups excluding carboxylic acids is 1. The highest BCUT2D eigenvalue weighted by Crippen LogP contribution is 2.05. The Balaban J connectivity index is 3.27. The summed E-state index contributed by atoms with van der Waals surface area (Å²) in [6.07, 6.45) is 7.26. The molecule has 4 nitrogen and oxygen atoms in total. The van der Waals surface area contributed by atoms with E-state index in [4.69, 9.17) is 15.6 Å². The molecule has 0 saturated carbocycles. The summed E-state index contributed by atoms with van der Waals surface area (Å²) >= 11 is 0. The van der Waals surface area contributed by atoms with Gasteiger partial charge in [-0.25, -0.2) is 0 Å². The Morgan fingerprint density at radius 1 is 1.25 bits per heavy atom. The molecule has 0 aromatic heterocycles. The third kappa shape index (κ3) is 8.68. The Hall–Kier alpha value is -0.610. The number of aliphatic hydroxyl groups is 1. The van der Waals surface area contributed by atoms with E-state index in [-0.39, 0.29) is 13.0 Å². The minimum Gasteiger partial charge on any atom is -0.465 e. The average Bonchev–Trinajstić information content (AvgIpc) is 2.28. The van der Waals surface area contributed by atoms with Gasteiger partial charge in [-0.3, -0.25) is 4.79 Å². The van der Waals surface area contributed by atoms with Crippen LogP contribution in [0.5, 0.6) is 0 Å². The van der Waals surface area contributed by atoms with Crippen molar-refractivity contribution in [3.8, 4) is 0 Å². The van der Waals surface area contributed by atoms with Crippen LogP contribution in [0.25, 0.3) is 0 Å². The number of hydrogen-bond donors (Lipinski definition) is 2. The first kappa shape index (κ1) is 15.4. The fourth-order valence-electron chi connectivity index (χ4n) is 1.42. The molecule has 4 heteroatoms. The van der Waals surface area contributed by atoms with Crippen molar-refractivity contribution >= 4 is 5.97 Å². The lowest BCUT2D eigenvalue weighted by Gasteiger charge is -2.09. The monoisotopic (exact) mass is 231 g/mol. The smallest absolute Gasteiger partial charge is 0.322 e. The van der Waals surface area contributed by atoms with Gasteiger partial charge in [0.1, 0.15) is 6.04 Å². The molecular weight excluding hydrogens is 206 g/mol. The van der Waals surface area contributed by atoms with Crippen LogP contribution in [0.1, 0.15) is 51.9 Å². The first-order valence-electron chi connectivity index (χ1n) is 6.25. The van der Waals surface area contributed by atoms with E-state index in [2.05, 4.69) is 6.92 Å². The highest BCUT2D eigenvalue weighted by atomic mass is 16.5. The van der Waals surface area contributed by atoms with Gasteiger partial charge in [-0.2, -0.15) is 0 Å². The van der Waals surface area contributed by atoms with E-state index in [1.165, 1.54) is 25.7 Å². The summed E-state index contributed by atoms with van der Waals surface area (Å²) in [5.41, 5.74) is 5.47. The molecule has 0 saturated heterocycles. The Morgan fingerprint density at radius 3 is 2.50 bits per heavy atom. The summed E-state index contributed by atoms with van der Waals surface area (Å²) in [4.78, 5) is 11.2. The van der Waals surface area contributed by atoms with Gasteiger partial charge in [0.2, 0.25) is 0 Å². The van der Waals surface area contributed by atoms with Gasteiger partial charge < -0.3 is 15.6 Å². The Bertz CT molecular complexity index is 174. The molecule has 0 aromatic carbocycles. The summed E-state index contributed by atoms with van der Waals surface area (Å²) in [6, 6.07) is -0.676. The van der Waals surface area contributed by atoms with Crippen LogP contribution in [-0.4, -0.2) is 30.3 Å². The van der Waals surface area contributed by atoms with Gasteiger partial charge in [0.05, 0.1) is 6.61 Å². The van der Waals surface area contributed by atoms with Crippen LogP contribution in [0.4, 0.5) is 0 Å². The molecule has 0 aromatic rings. The van der Waals surface area contributed by atoms with Crippen LogP contribution in [0.3, 0.4) is 0 Å². The topological polar surface area (TPSA) is 72.5 Å². The SMILES string of the molecule is CCCCCCCCOC(=O)[C@@H](N)CCO. The van der Waals surface area contributed by atoms with E-state index in [9.17, 15) is 4.79 Å². The van der Waals surface area contributed by atoms with Crippen LogP contribution in [0, 0.1) is 0 Å². The van der Waals surface area contributed by atoms with Gasteiger partial charge in [-0.15, -0.1) is 0 Å². The van der Waals surface area contributed by atoms with Crippen molar-refractivity contribution in [2.24, 2.45) is 5.73 Å². The fraction of sp³-hybridized carbons (Fsp3) is 0.917. The number of ether oxygens (including phenoxy) is 1. The first-order valence-corrected chi connectivity index (χ1v) is 6.25. The van der Waals surface area contributed by atoms with Crippen LogP contribution in [-0.2, 0) is 9.53 Å². The largest absolute Gasteiger partial charge is 0.465 e. The number of aliphatic hydroxyl groups excluding tert-OH is 1. The predicted octanol–water partition coefficient (Wildman–Crippen LogP) is 1.60. The number of unbranched alkanes of at least 4 members (excludes halogenated alkanes) is 5. The Morgan fingerprint density at radius 2 is 1.88 bits per heavy atom. The second kappa shape index (κ2) is 10.9. The summed E-state index contributed by atoms with van der Waals surface area (Å²) in [7, 11) is 0. The molecule has 0 rings (SSSR count). The van der Waals surface area contributed by atoms with Gasteiger partial charge >= 0.3 is 5.97 Å². The van der Waals surface area contributed by atoms with Gasteiger partial charge in [-0.1, -0.05) is 39.0 Å². The van der Waals surface area contributed by atoms with Crippen molar-refractivity contribution in [2.45, 2.75) is 57.9 Å². The molecule has 0 aliphatic heterocycles. The number of nitrogens with two attached hydrogens (primary N) is 1. The molecule has 0 spiro atoms. The van der Waals surface area contributed by atoms with Crippen LogP contribution >= 0.6 is 0 Å². The minimum absolute atomic E-state index is 0.0761. The van der Waals surface area contributed by atoms with E-state index in [1.54, 1.807) is 0 Å². The van der Waals surface area contributed by atoms with Crippen LogP contribution in [0.15, 0.2) is 0 Å². The van der Waals surface area contributed by atoms with Crippen molar-refractivity contribution in [1.29, 1.82) is 0 Å². The molecule has 0 unspecified atom stereocenters. The zero-order valence-electron chi connectivity index (χ0n) is 10.3. The molecule has 96 valence electrons. The number of carbonyl (C=O) groups is 1. The quantitative estimate of drug-likeness (QED) is 0.442. The average molecular weight is 231 g/mol. The molecule has 0 fully saturated rings. The molecule has 3 N–H and O–H groups in total. The second-order valence-corrected chi connectivity index (χ2v) is 4.05. The molecule has 0 aliphatic rings. The standard InChI is InChI=1S/C12H25NO3/c1-2-3-4-5-6-7-10-16-12(15)11(13)8-9-14/h11,14H,2-10,13H2,1H3/t11-/m0/s1. The van der Waals surface area contributed by atoms with Crippen LogP contribution in [0.2, 0.25) is 0 Å². The number of rotatable bonds is 10. The number of hydrogen-bond acceptors (Lipinski definition) is 4. The van der Waals surface area contributed by atoms with E-state index >= 15 is 0 Å². The zero-order valence-corrected chi connectivity index (χ0v) is 10.3. The number of esters is 1. The third-order valence-electron chi connectivity index (χ3n) is 2.49. The van der Waals surface area contributed by atoms with Gasteiger partial charge in [0, 0.05) is 6.61 Å². The molecular formula is C12H25NO3. The van der Waals surface area contributed by atoms with E-state index in [1.807, 2.05) is 0 Å². The molecule has 0 radical (unpaired) electrons. The summed E-state index contributed by atoms with van der Waals surface area (Å²) in [5, 5.41) is 8.59. The van der Waals surface area contributed by atoms with E-state index < -0.39 is 12.0 Å². The third-order valence-corrected chi connectivity index (χ3v) is 2.49.